The number of hydrogen-bond acceptors (Lipinski definition) is 5. The highest BCUT2D eigenvalue weighted by molar-refractivity contribution is 7.91. The number of nitrogens with zero attached hydrogens (tertiary/aromatic N) is 1. The number of hydrogen-bond donors (Lipinski definition) is 2. The summed E-state index contributed by atoms with van der Waals surface area (Å²) in [5, 5.41) is 2.69. The van der Waals surface area contributed by atoms with Gasteiger partial charge in [-0.3, -0.25) is 9.78 Å². The third-order valence-electron chi connectivity index (χ3n) is 3.08. The Kier molecular flexibility index (Phi) is 4.34. The van der Waals surface area contributed by atoms with Gasteiger partial charge in [0.15, 0.2) is 9.84 Å². The normalized spacial score (nSPS) is 21.1. The molecular formula is C12H15N3O3S2. The van der Waals surface area contributed by atoms with Crippen molar-refractivity contribution in [2.75, 3.05) is 11.5 Å². The van der Waals surface area contributed by atoms with Crippen molar-refractivity contribution >= 4 is 33.0 Å². The van der Waals surface area contributed by atoms with Crippen LogP contribution in [0.4, 0.5) is 0 Å². The number of rotatable bonds is 3. The summed E-state index contributed by atoms with van der Waals surface area (Å²) in [5.74, 6) is -0.203. The van der Waals surface area contributed by atoms with Gasteiger partial charge >= 0.3 is 0 Å². The second kappa shape index (κ2) is 5.84. The van der Waals surface area contributed by atoms with Crippen LogP contribution in [-0.2, 0) is 9.84 Å². The van der Waals surface area contributed by atoms with E-state index in [-0.39, 0.29) is 34.1 Å². The van der Waals surface area contributed by atoms with Gasteiger partial charge in [0.05, 0.1) is 11.5 Å². The maximum Gasteiger partial charge on any atom is 0.270 e. The molecule has 1 aliphatic rings. The molecule has 1 amide bonds. The molecule has 6 nitrogen and oxygen atoms in total. The smallest absolute Gasteiger partial charge is 0.270 e. The van der Waals surface area contributed by atoms with E-state index in [1.807, 2.05) is 0 Å². The number of pyridine rings is 1. The van der Waals surface area contributed by atoms with E-state index in [0.717, 1.165) is 0 Å². The van der Waals surface area contributed by atoms with Crippen molar-refractivity contribution in [3.63, 3.8) is 0 Å². The molecule has 0 saturated carbocycles. The topological polar surface area (TPSA) is 102 Å². The van der Waals surface area contributed by atoms with Crippen molar-refractivity contribution in [2.24, 2.45) is 5.73 Å². The first-order chi connectivity index (χ1) is 9.37. The fourth-order valence-corrected chi connectivity index (χ4v) is 3.83. The molecule has 2 rings (SSSR count). The Morgan fingerprint density at radius 2 is 2.20 bits per heavy atom. The molecule has 1 aromatic rings. The first-order valence-corrected chi connectivity index (χ1v) is 8.37. The summed E-state index contributed by atoms with van der Waals surface area (Å²) in [6, 6.07) is 2.78. The lowest BCUT2D eigenvalue weighted by atomic mass is 10.1. The molecule has 1 saturated heterocycles. The Bertz CT molecular complexity index is 626. The van der Waals surface area contributed by atoms with Gasteiger partial charge in [-0.1, -0.05) is 12.2 Å². The maximum absolute atomic E-state index is 12.0. The van der Waals surface area contributed by atoms with E-state index in [2.05, 4.69) is 10.3 Å². The zero-order valence-corrected chi connectivity index (χ0v) is 12.3. The Labute approximate surface area is 122 Å². The van der Waals surface area contributed by atoms with Gasteiger partial charge in [-0.15, -0.1) is 0 Å². The fourth-order valence-electron chi connectivity index (χ4n) is 2.07. The number of carbonyl (C=O) groups is 1. The molecule has 1 fully saturated rings. The largest absolute Gasteiger partial charge is 0.389 e. The van der Waals surface area contributed by atoms with Crippen LogP contribution >= 0.6 is 12.2 Å². The van der Waals surface area contributed by atoms with Gasteiger partial charge in [0.2, 0.25) is 0 Å². The van der Waals surface area contributed by atoms with Crippen LogP contribution in [0.15, 0.2) is 18.3 Å². The molecule has 1 aromatic heterocycles. The molecule has 1 unspecified atom stereocenters. The van der Waals surface area contributed by atoms with Crippen LogP contribution in [0.3, 0.4) is 0 Å². The van der Waals surface area contributed by atoms with Gasteiger partial charge in [-0.25, -0.2) is 8.42 Å². The van der Waals surface area contributed by atoms with Crippen molar-refractivity contribution in [1.82, 2.24) is 10.3 Å². The molecule has 108 valence electrons. The number of aromatic nitrogens is 1. The molecule has 0 aliphatic carbocycles. The average molecular weight is 313 g/mol. The second-order valence-corrected chi connectivity index (χ2v) is 7.39. The van der Waals surface area contributed by atoms with Gasteiger partial charge in [0.25, 0.3) is 5.91 Å². The van der Waals surface area contributed by atoms with E-state index in [0.29, 0.717) is 18.4 Å². The third-order valence-corrected chi connectivity index (χ3v) is 5.14. The number of carbonyl (C=O) groups excluding carboxylic acids is 1. The predicted octanol–water partition coefficient (Wildman–Crippen LogP) is 0.0228. The first kappa shape index (κ1) is 14.9. The lowest BCUT2D eigenvalue weighted by Crippen LogP contribution is -2.43. The Morgan fingerprint density at radius 3 is 2.75 bits per heavy atom. The summed E-state index contributed by atoms with van der Waals surface area (Å²) in [4.78, 5) is 16.2. The monoisotopic (exact) mass is 313 g/mol. The van der Waals surface area contributed by atoms with E-state index in [1.54, 1.807) is 6.07 Å². The minimum atomic E-state index is -3.05. The standard InChI is InChI=1S/C12H15N3O3S2/c13-11(19)8-3-4-10(14-6-8)12(16)15-9-2-1-5-20(17,18)7-9/h3-4,6,9H,1-2,5,7H2,(H2,13,19)(H,15,16). The molecule has 0 aromatic carbocycles. The SMILES string of the molecule is NC(=S)c1ccc(C(=O)NC2CCCS(=O)(=O)C2)nc1. The molecule has 1 aliphatic heterocycles. The van der Waals surface area contributed by atoms with Crippen LogP contribution in [0, 0.1) is 0 Å². The Morgan fingerprint density at radius 1 is 1.45 bits per heavy atom. The number of nitrogens with two attached hydrogens (primary N) is 1. The lowest BCUT2D eigenvalue weighted by Gasteiger charge is -2.22. The van der Waals surface area contributed by atoms with Crippen LogP contribution in [0.25, 0.3) is 0 Å². The zero-order chi connectivity index (χ0) is 14.8. The van der Waals surface area contributed by atoms with E-state index in [4.69, 9.17) is 18.0 Å². The van der Waals surface area contributed by atoms with Crippen molar-refractivity contribution in [2.45, 2.75) is 18.9 Å². The summed E-state index contributed by atoms with van der Waals surface area (Å²) in [7, 11) is -3.05. The van der Waals surface area contributed by atoms with Crippen LogP contribution in [0.2, 0.25) is 0 Å². The van der Waals surface area contributed by atoms with E-state index in [9.17, 15) is 13.2 Å². The predicted molar refractivity (Wildman–Crippen MR) is 79.3 cm³/mol. The highest BCUT2D eigenvalue weighted by Gasteiger charge is 2.26. The molecule has 20 heavy (non-hydrogen) atoms. The number of sulfone groups is 1. The number of thiocarbonyl (C=S) groups is 1. The van der Waals surface area contributed by atoms with E-state index in [1.165, 1.54) is 12.3 Å². The van der Waals surface area contributed by atoms with Crippen molar-refractivity contribution in [3.8, 4) is 0 Å². The summed E-state index contributed by atoms with van der Waals surface area (Å²) in [5.41, 5.74) is 6.24. The molecule has 3 N–H and O–H groups in total. The summed E-state index contributed by atoms with van der Waals surface area (Å²) < 4.78 is 23.0. The maximum atomic E-state index is 12.0. The highest BCUT2D eigenvalue weighted by Crippen LogP contribution is 2.12. The third kappa shape index (κ3) is 3.73. The molecular weight excluding hydrogens is 298 g/mol. The minimum absolute atomic E-state index is 0.0102. The molecule has 1 atom stereocenters. The van der Waals surface area contributed by atoms with Crippen molar-refractivity contribution in [1.29, 1.82) is 0 Å². The number of nitrogens with one attached hydrogen (secondary N) is 1. The van der Waals surface area contributed by atoms with Crippen molar-refractivity contribution in [3.05, 3.63) is 29.6 Å². The lowest BCUT2D eigenvalue weighted by molar-refractivity contribution is 0.0933. The number of amides is 1. The van der Waals surface area contributed by atoms with Crippen LogP contribution in [0.5, 0.6) is 0 Å². The molecule has 0 spiro atoms. The molecule has 8 heteroatoms. The Hall–Kier alpha value is -1.54. The average Bonchev–Trinajstić information content (AvgIpc) is 2.37. The molecule has 0 radical (unpaired) electrons. The van der Waals surface area contributed by atoms with Crippen molar-refractivity contribution < 1.29 is 13.2 Å². The minimum Gasteiger partial charge on any atom is -0.389 e. The van der Waals surface area contributed by atoms with Crippen LogP contribution in [0.1, 0.15) is 28.9 Å². The summed E-state index contributed by atoms with van der Waals surface area (Å²) in [6.07, 6.45) is 2.66. The Balaban J connectivity index is 2.03. The van der Waals surface area contributed by atoms with E-state index >= 15 is 0 Å². The van der Waals surface area contributed by atoms with Gasteiger partial charge in [0, 0.05) is 17.8 Å². The zero-order valence-electron chi connectivity index (χ0n) is 10.7. The molecule has 2 heterocycles. The fraction of sp³-hybridized carbons (Fsp3) is 0.417. The van der Waals surface area contributed by atoms with Gasteiger partial charge < -0.3 is 11.1 Å². The second-order valence-electron chi connectivity index (χ2n) is 4.72. The molecule has 0 bridgehead atoms. The van der Waals surface area contributed by atoms with Crippen LogP contribution < -0.4 is 11.1 Å². The van der Waals surface area contributed by atoms with E-state index < -0.39 is 9.84 Å². The quantitative estimate of drug-likeness (QED) is 0.763. The van der Waals surface area contributed by atoms with Gasteiger partial charge in [-0.2, -0.15) is 0 Å². The highest BCUT2D eigenvalue weighted by atomic mass is 32.2. The summed E-state index contributed by atoms with van der Waals surface area (Å²) >= 11 is 4.80. The van der Waals surface area contributed by atoms with Gasteiger partial charge in [0.1, 0.15) is 10.7 Å². The van der Waals surface area contributed by atoms with Gasteiger partial charge in [-0.05, 0) is 25.0 Å². The van der Waals surface area contributed by atoms with Crippen LogP contribution in [-0.4, -0.2) is 41.8 Å². The summed E-state index contributed by atoms with van der Waals surface area (Å²) in [6.45, 7) is 0. The first-order valence-electron chi connectivity index (χ1n) is 6.14.